The first-order valence-electron chi connectivity index (χ1n) is 8.68. The van der Waals surface area contributed by atoms with Gasteiger partial charge in [0.25, 0.3) is 0 Å². The molecule has 3 heteroatoms. The van der Waals surface area contributed by atoms with Gasteiger partial charge in [-0.15, -0.1) is 0 Å². The molecule has 2 aliphatic heterocycles. The molecular weight excluding hydrogens is 258 g/mol. The van der Waals surface area contributed by atoms with Gasteiger partial charge in [0.15, 0.2) is 0 Å². The molecule has 116 valence electrons. The number of rotatable bonds is 5. The molecule has 3 nitrogen and oxygen atoms in total. The molecule has 0 spiro atoms. The third-order valence-electron chi connectivity index (χ3n) is 4.90. The molecule has 0 aromatic heterocycles. The van der Waals surface area contributed by atoms with Gasteiger partial charge in [0, 0.05) is 51.0 Å². The lowest BCUT2D eigenvalue weighted by Gasteiger charge is -2.35. The summed E-state index contributed by atoms with van der Waals surface area (Å²) in [6, 6.07) is 10.0. The molecule has 0 bridgehead atoms. The van der Waals surface area contributed by atoms with E-state index in [0.717, 1.165) is 13.1 Å². The summed E-state index contributed by atoms with van der Waals surface area (Å²) in [5.74, 6) is 0. The van der Waals surface area contributed by atoms with Crippen LogP contribution in [-0.4, -0.2) is 44.2 Å². The van der Waals surface area contributed by atoms with Crippen molar-refractivity contribution in [1.29, 1.82) is 0 Å². The third-order valence-corrected chi connectivity index (χ3v) is 4.90. The maximum Gasteiger partial charge on any atom is 0.0366 e. The van der Waals surface area contributed by atoms with E-state index in [9.17, 15) is 0 Å². The Hall–Kier alpha value is -1.06. The summed E-state index contributed by atoms with van der Waals surface area (Å²) in [5, 5.41) is 3.46. The van der Waals surface area contributed by atoms with Crippen molar-refractivity contribution < 1.29 is 0 Å². The molecule has 2 aliphatic rings. The molecule has 2 heterocycles. The number of nitrogens with one attached hydrogen (secondary N) is 1. The molecule has 1 aromatic carbocycles. The van der Waals surface area contributed by atoms with E-state index in [1.807, 2.05) is 0 Å². The normalized spacial score (nSPS) is 21.7. The van der Waals surface area contributed by atoms with Crippen LogP contribution in [0.2, 0.25) is 0 Å². The van der Waals surface area contributed by atoms with Crippen LogP contribution >= 0.6 is 0 Å². The minimum Gasteiger partial charge on any atom is -0.372 e. The first-order valence-corrected chi connectivity index (χ1v) is 8.68. The Morgan fingerprint density at radius 1 is 1.00 bits per heavy atom. The van der Waals surface area contributed by atoms with Crippen LogP contribution in [0.25, 0.3) is 0 Å². The van der Waals surface area contributed by atoms with E-state index in [1.54, 1.807) is 0 Å². The molecule has 2 saturated heterocycles. The predicted octanol–water partition coefficient (Wildman–Crippen LogP) is 3.03. The van der Waals surface area contributed by atoms with E-state index < -0.39 is 0 Å². The fraction of sp³-hybridized carbons (Fsp3) is 0.667. The summed E-state index contributed by atoms with van der Waals surface area (Å²) in [5.41, 5.74) is 2.91. The van der Waals surface area contributed by atoms with Crippen molar-refractivity contribution in [2.24, 2.45) is 0 Å². The number of benzene rings is 1. The molecular formula is C18H29N3. The van der Waals surface area contributed by atoms with E-state index >= 15 is 0 Å². The molecule has 0 saturated carbocycles. The Morgan fingerprint density at radius 3 is 2.29 bits per heavy atom. The second-order valence-corrected chi connectivity index (χ2v) is 6.38. The maximum atomic E-state index is 3.46. The highest BCUT2D eigenvalue weighted by Gasteiger charge is 2.21. The fourth-order valence-electron chi connectivity index (χ4n) is 3.71. The van der Waals surface area contributed by atoms with Gasteiger partial charge in [-0.1, -0.05) is 25.5 Å². The van der Waals surface area contributed by atoms with Gasteiger partial charge < -0.3 is 10.2 Å². The Kier molecular flexibility index (Phi) is 5.15. The molecule has 21 heavy (non-hydrogen) atoms. The minimum absolute atomic E-state index is 0.602. The average Bonchev–Trinajstić information content (AvgIpc) is 3.08. The highest BCUT2D eigenvalue weighted by molar-refractivity contribution is 5.48. The summed E-state index contributed by atoms with van der Waals surface area (Å²) < 4.78 is 0. The molecule has 0 unspecified atom stereocenters. The van der Waals surface area contributed by atoms with E-state index in [2.05, 4.69) is 46.3 Å². The van der Waals surface area contributed by atoms with Gasteiger partial charge in [-0.3, -0.25) is 4.90 Å². The number of hydrogen-bond donors (Lipinski definition) is 1. The van der Waals surface area contributed by atoms with E-state index in [1.165, 1.54) is 63.1 Å². The summed E-state index contributed by atoms with van der Waals surface area (Å²) in [6.07, 6.45) is 5.22. The van der Waals surface area contributed by atoms with E-state index in [0.29, 0.717) is 6.04 Å². The topological polar surface area (TPSA) is 18.5 Å². The van der Waals surface area contributed by atoms with Gasteiger partial charge in [-0.2, -0.15) is 0 Å². The van der Waals surface area contributed by atoms with Gasteiger partial charge in [0.2, 0.25) is 0 Å². The Balaban J connectivity index is 1.72. The standard InChI is InChI=1S/C18H29N3/c1-2-5-18(21-14-10-19-11-15-21)16-6-8-17(9-7-16)20-12-3-4-13-20/h6-9,18-19H,2-5,10-15H2,1H3/t18-/m1/s1. The van der Waals surface area contributed by atoms with Crippen LogP contribution in [0.1, 0.15) is 44.2 Å². The minimum atomic E-state index is 0.602. The second kappa shape index (κ2) is 7.28. The van der Waals surface area contributed by atoms with Gasteiger partial charge in [-0.05, 0) is 37.0 Å². The fourth-order valence-corrected chi connectivity index (χ4v) is 3.71. The highest BCUT2D eigenvalue weighted by Crippen LogP contribution is 2.28. The van der Waals surface area contributed by atoms with Gasteiger partial charge in [0.05, 0.1) is 0 Å². The zero-order valence-electron chi connectivity index (χ0n) is 13.4. The molecule has 0 radical (unpaired) electrons. The highest BCUT2D eigenvalue weighted by atomic mass is 15.2. The van der Waals surface area contributed by atoms with Crippen LogP contribution in [0.5, 0.6) is 0 Å². The van der Waals surface area contributed by atoms with Crippen molar-refractivity contribution >= 4 is 5.69 Å². The summed E-state index contributed by atoms with van der Waals surface area (Å²) in [7, 11) is 0. The summed E-state index contributed by atoms with van der Waals surface area (Å²) in [6.45, 7) is 9.38. The lowest BCUT2D eigenvalue weighted by molar-refractivity contribution is 0.164. The largest absolute Gasteiger partial charge is 0.372 e. The predicted molar refractivity (Wildman–Crippen MR) is 90.0 cm³/mol. The lowest BCUT2D eigenvalue weighted by Crippen LogP contribution is -2.45. The van der Waals surface area contributed by atoms with Gasteiger partial charge >= 0.3 is 0 Å². The van der Waals surface area contributed by atoms with Gasteiger partial charge in [0.1, 0.15) is 0 Å². The van der Waals surface area contributed by atoms with Crippen LogP contribution in [-0.2, 0) is 0 Å². The van der Waals surface area contributed by atoms with E-state index in [4.69, 9.17) is 0 Å². The number of nitrogens with zero attached hydrogens (tertiary/aromatic N) is 2. The van der Waals surface area contributed by atoms with Crippen molar-refractivity contribution in [2.75, 3.05) is 44.2 Å². The number of hydrogen-bond acceptors (Lipinski definition) is 3. The van der Waals surface area contributed by atoms with Crippen molar-refractivity contribution in [2.45, 2.75) is 38.6 Å². The Labute approximate surface area is 129 Å². The van der Waals surface area contributed by atoms with Crippen LogP contribution in [0, 0.1) is 0 Å². The summed E-state index contributed by atoms with van der Waals surface area (Å²) >= 11 is 0. The zero-order chi connectivity index (χ0) is 14.5. The molecule has 1 aromatic rings. The molecule has 1 N–H and O–H groups in total. The molecule has 0 aliphatic carbocycles. The number of anilines is 1. The first-order chi connectivity index (χ1) is 10.4. The van der Waals surface area contributed by atoms with Crippen molar-refractivity contribution in [3.8, 4) is 0 Å². The molecule has 2 fully saturated rings. The second-order valence-electron chi connectivity index (χ2n) is 6.38. The van der Waals surface area contributed by atoms with Crippen molar-refractivity contribution in [1.82, 2.24) is 10.2 Å². The van der Waals surface area contributed by atoms with Crippen molar-refractivity contribution in [3.63, 3.8) is 0 Å². The average molecular weight is 287 g/mol. The lowest BCUT2D eigenvalue weighted by atomic mass is 9.99. The van der Waals surface area contributed by atoms with E-state index in [-0.39, 0.29) is 0 Å². The zero-order valence-corrected chi connectivity index (χ0v) is 13.4. The smallest absolute Gasteiger partial charge is 0.0366 e. The Bertz CT molecular complexity index is 417. The van der Waals surface area contributed by atoms with Crippen LogP contribution in [0.3, 0.4) is 0 Å². The SMILES string of the molecule is CCC[C@H](c1ccc(N2CCCC2)cc1)N1CCNCC1. The maximum absolute atomic E-state index is 3.46. The molecule has 3 rings (SSSR count). The van der Waals surface area contributed by atoms with Crippen molar-refractivity contribution in [3.05, 3.63) is 29.8 Å². The third kappa shape index (κ3) is 3.58. The Morgan fingerprint density at radius 2 is 1.67 bits per heavy atom. The van der Waals surface area contributed by atoms with Crippen LogP contribution in [0.15, 0.2) is 24.3 Å². The van der Waals surface area contributed by atoms with Gasteiger partial charge in [-0.25, -0.2) is 0 Å². The van der Waals surface area contributed by atoms with Crippen LogP contribution in [0.4, 0.5) is 5.69 Å². The molecule has 0 amide bonds. The molecule has 1 atom stereocenters. The van der Waals surface area contributed by atoms with Crippen LogP contribution < -0.4 is 10.2 Å². The monoisotopic (exact) mass is 287 g/mol. The number of piperazine rings is 1. The quantitative estimate of drug-likeness (QED) is 0.898. The summed E-state index contributed by atoms with van der Waals surface area (Å²) in [4.78, 5) is 5.17. The first kappa shape index (κ1) is 14.9.